The van der Waals surface area contributed by atoms with Crippen LogP contribution in [0.15, 0.2) is 34.9 Å². The number of likely N-dealkylation sites (tertiary alicyclic amines) is 1. The van der Waals surface area contributed by atoms with E-state index in [9.17, 15) is 4.79 Å². The number of ether oxygens (including phenoxy) is 1. The highest BCUT2D eigenvalue weighted by Gasteiger charge is 2.28. The second kappa shape index (κ2) is 6.70. The van der Waals surface area contributed by atoms with Crippen LogP contribution in [0.3, 0.4) is 0 Å². The van der Waals surface area contributed by atoms with Crippen LogP contribution < -0.4 is 0 Å². The van der Waals surface area contributed by atoms with Crippen LogP contribution in [0.2, 0.25) is 0 Å². The predicted molar refractivity (Wildman–Crippen MR) is 80.2 cm³/mol. The maximum Gasteiger partial charge on any atom is 0.248 e. The van der Waals surface area contributed by atoms with Gasteiger partial charge in [-0.2, -0.15) is 4.98 Å². The van der Waals surface area contributed by atoms with Crippen LogP contribution in [0.1, 0.15) is 24.7 Å². The standard InChI is InChI=1S/C16H19N3O3/c1-21-11-14(20)19-9-5-8-13(10-19)16-17-15(18-22-16)12-6-3-2-4-7-12/h2-4,6-7,13H,5,8-11H2,1H3. The van der Waals surface area contributed by atoms with Crippen LogP contribution in [0.5, 0.6) is 0 Å². The minimum absolute atomic E-state index is 0.00926. The third kappa shape index (κ3) is 3.17. The van der Waals surface area contributed by atoms with Gasteiger partial charge in [0.2, 0.25) is 17.6 Å². The number of amides is 1. The van der Waals surface area contributed by atoms with E-state index in [-0.39, 0.29) is 18.4 Å². The van der Waals surface area contributed by atoms with Gasteiger partial charge in [-0.15, -0.1) is 0 Å². The molecule has 6 heteroatoms. The quantitative estimate of drug-likeness (QED) is 0.865. The monoisotopic (exact) mass is 301 g/mol. The Labute approximate surface area is 129 Å². The minimum Gasteiger partial charge on any atom is -0.375 e. The van der Waals surface area contributed by atoms with Gasteiger partial charge >= 0.3 is 0 Å². The summed E-state index contributed by atoms with van der Waals surface area (Å²) >= 11 is 0. The van der Waals surface area contributed by atoms with E-state index >= 15 is 0 Å². The molecule has 1 aliphatic heterocycles. The van der Waals surface area contributed by atoms with Crippen LogP contribution >= 0.6 is 0 Å². The summed E-state index contributed by atoms with van der Waals surface area (Å²) in [6.07, 6.45) is 1.89. The van der Waals surface area contributed by atoms with Gasteiger partial charge in [0.15, 0.2) is 0 Å². The van der Waals surface area contributed by atoms with Gasteiger partial charge < -0.3 is 14.2 Å². The zero-order chi connectivity index (χ0) is 15.4. The van der Waals surface area contributed by atoms with Crippen molar-refractivity contribution in [1.82, 2.24) is 15.0 Å². The molecule has 1 unspecified atom stereocenters. The van der Waals surface area contributed by atoms with Crippen molar-refractivity contribution < 1.29 is 14.1 Å². The van der Waals surface area contributed by atoms with Crippen molar-refractivity contribution in [2.45, 2.75) is 18.8 Å². The average molecular weight is 301 g/mol. The summed E-state index contributed by atoms with van der Waals surface area (Å²) in [5.41, 5.74) is 0.931. The van der Waals surface area contributed by atoms with Crippen molar-refractivity contribution in [3.8, 4) is 11.4 Å². The van der Waals surface area contributed by atoms with Crippen LogP contribution in [-0.2, 0) is 9.53 Å². The first-order valence-electron chi connectivity index (χ1n) is 7.43. The van der Waals surface area contributed by atoms with Gasteiger partial charge in [-0.25, -0.2) is 0 Å². The molecule has 0 bridgehead atoms. The lowest BCUT2D eigenvalue weighted by Gasteiger charge is -2.30. The smallest absolute Gasteiger partial charge is 0.248 e. The maximum absolute atomic E-state index is 11.9. The molecule has 1 aromatic heterocycles. The Morgan fingerprint density at radius 2 is 2.23 bits per heavy atom. The molecule has 1 saturated heterocycles. The Morgan fingerprint density at radius 3 is 3.00 bits per heavy atom. The first-order valence-corrected chi connectivity index (χ1v) is 7.43. The lowest BCUT2D eigenvalue weighted by atomic mass is 9.98. The molecule has 6 nitrogen and oxygen atoms in total. The molecular formula is C16H19N3O3. The van der Waals surface area contributed by atoms with Crippen molar-refractivity contribution in [2.24, 2.45) is 0 Å². The number of rotatable bonds is 4. The molecule has 1 aromatic carbocycles. The van der Waals surface area contributed by atoms with E-state index < -0.39 is 0 Å². The number of piperidine rings is 1. The van der Waals surface area contributed by atoms with Gasteiger partial charge in [0.05, 0.1) is 5.92 Å². The Kier molecular flexibility index (Phi) is 4.48. The molecule has 116 valence electrons. The van der Waals surface area contributed by atoms with Gasteiger partial charge in [-0.3, -0.25) is 4.79 Å². The SMILES string of the molecule is COCC(=O)N1CCCC(c2nc(-c3ccccc3)no2)C1. The van der Waals surface area contributed by atoms with Crippen molar-refractivity contribution in [3.63, 3.8) is 0 Å². The van der Waals surface area contributed by atoms with Crippen molar-refractivity contribution in [1.29, 1.82) is 0 Å². The second-order valence-electron chi connectivity index (χ2n) is 5.43. The second-order valence-corrected chi connectivity index (χ2v) is 5.43. The number of benzene rings is 1. The van der Waals surface area contributed by atoms with Gasteiger partial charge in [-0.1, -0.05) is 35.5 Å². The lowest BCUT2D eigenvalue weighted by molar-refractivity contribution is -0.136. The molecule has 1 atom stereocenters. The van der Waals surface area contributed by atoms with Crippen molar-refractivity contribution >= 4 is 5.91 Å². The molecule has 1 amide bonds. The maximum atomic E-state index is 11.9. The fraction of sp³-hybridized carbons (Fsp3) is 0.438. The molecule has 0 radical (unpaired) electrons. The Morgan fingerprint density at radius 1 is 1.41 bits per heavy atom. The zero-order valence-corrected chi connectivity index (χ0v) is 12.6. The molecule has 0 N–H and O–H groups in total. The van der Waals surface area contributed by atoms with Crippen LogP contribution in [-0.4, -0.2) is 47.8 Å². The van der Waals surface area contributed by atoms with Crippen LogP contribution in [0.25, 0.3) is 11.4 Å². The fourth-order valence-electron chi connectivity index (χ4n) is 2.73. The summed E-state index contributed by atoms with van der Waals surface area (Å²) in [4.78, 5) is 18.2. The topological polar surface area (TPSA) is 68.5 Å². The van der Waals surface area contributed by atoms with Crippen LogP contribution in [0, 0.1) is 0 Å². The molecule has 0 spiro atoms. The summed E-state index contributed by atoms with van der Waals surface area (Å²) in [6, 6.07) is 9.73. The van der Waals surface area contributed by atoms with Crippen molar-refractivity contribution in [3.05, 3.63) is 36.2 Å². The van der Waals surface area contributed by atoms with Gasteiger partial charge in [0, 0.05) is 25.8 Å². The third-order valence-electron chi connectivity index (χ3n) is 3.86. The molecule has 3 rings (SSSR count). The molecule has 2 aromatic rings. The highest BCUT2D eigenvalue weighted by Crippen LogP contribution is 2.27. The predicted octanol–water partition coefficient (Wildman–Crippen LogP) is 2.09. The highest BCUT2D eigenvalue weighted by molar-refractivity contribution is 5.77. The lowest BCUT2D eigenvalue weighted by Crippen LogP contribution is -2.40. The molecular weight excluding hydrogens is 282 g/mol. The third-order valence-corrected chi connectivity index (χ3v) is 3.86. The van der Waals surface area contributed by atoms with Gasteiger partial charge in [0.1, 0.15) is 6.61 Å². The zero-order valence-electron chi connectivity index (χ0n) is 12.6. The molecule has 1 fully saturated rings. The Hall–Kier alpha value is -2.21. The summed E-state index contributed by atoms with van der Waals surface area (Å²) in [5, 5.41) is 4.05. The molecule has 1 aliphatic rings. The van der Waals surface area contributed by atoms with E-state index in [2.05, 4.69) is 10.1 Å². The number of nitrogens with zero attached hydrogens (tertiary/aromatic N) is 3. The number of hydrogen-bond donors (Lipinski definition) is 0. The Bertz CT molecular complexity index is 627. The summed E-state index contributed by atoms with van der Waals surface area (Å²) in [6.45, 7) is 1.49. The molecule has 22 heavy (non-hydrogen) atoms. The Balaban J connectivity index is 1.72. The molecule has 2 heterocycles. The van der Waals surface area contributed by atoms with E-state index in [1.54, 1.807) is 0 Å². The summed E-state index contributed by atoms with van der Waals surface area (Å²) < 4.78 is 10.3. The van der Waals surface area contributed by atoms with E-state index in [1.807, 2.05) is 35.2 Å². The first-order chi connectivity index (χ1) is 10.8. The summed E-state index contributed by atoms with van der Waals surface area (Å²) in [7, 11) is 1.53. The number of methoxy groups -OCH3 is 1. The van der Waals surface area contributed by atoms with E-state index in [0.717, 1.165) is 24.9 Å². The van der Waals surface area contributed by atoms with E-state index in [1.165, 1.54) is 7.11 Å². The van der Waals surface area contributed by atoms with Crippen LogP contribution in [0.4, 0.5) is 0 Å². The minimum atomic E-state index is 0.00926. The molecule has 0 aliphatic carbocycles. The molecule has 0 saturated carbocycles. The number of aromatic nitrogens is 2. The largest absolute Gasteiger partial charge is 0.375 e. The highest BCUT2D eigenvalue weighted by atomic mass is 16.5. The number of carbonyl (C=O) groups excluding carboxylic acids is 1. The normalized spacial score (nSPS) is 18.4. The van der Waals surface area contributed by atoms with Crippen molar-refractivity contribution in [2.75, 3.05) is 26.8 Å². The van der Waals surface area contributed by atoms with Gasteiger partial charge in [-0.05, 0) is 12.8 Å². The van der Waals surface area contributed by atoms with Gasteiger partial charge in [0.25, 0.3) is 0 Å². The summed E-state index contributed by atoms with van der Waals surface area (Å²) in [5.74, 6) is 1.30. The van der Waals surface area contributed by atoms with E-state index in [4.69, 9.17) is 9.26 Å². The first kappa shape index (κ1) is 14.7. The fourth-order valence-corrected chi connectivity index (χ4v) is 2.73. The number of hydrogen-bond acceptors (Lipinski definition) is 5. The number of carbonyl (C=O) groups is 1. The van der Waals surface area contributed by atoms with E-state index in [0.29, 0.717) is 18.3 Å². The average Bonchev–Trinajstić information content (AvgIpc) is 3.06.